The van der Waals surface area contributed by atoms with Crippen LogP contribution in [0, 0.1) is 5.82 Å². The molecule has 0 aliphatic carbocycles. The smallest absolute Gasteiger partial charge is 0.239 e. The van der Waals surface area contributed by atoms with E-state index in [4.69, 9.17) is 0 Å². The molecule has 8 heteroatoms. The van der Waals surface area contributed by atoms with Crippen molar-refractivity contribution in [2.75, 3.05) is 30.8 Å². The van der Waals surface area contributed by atoms with Gasteiger partial charge in [0.15, 0.2) is 0 Å². The van der Waals surface area contributed by atoms with Crippen molar-refractivity contribution in [3.63, 3.8) is 0 Å². The van der Waals surface area contributed by atoms with Crippen LogP contribution >= 0.6 is 0 Å². The van der Waals surface area contributed by atoms with E-state index >= 15 is 0 Å². The molecule has 0 aliphatic heterocycles. The largest absolute Gasteiger partial charge is 0.340 e. The highest BCUT2D eigenvalue weighted by Gasteiger charge is 2.25. The van der Waals surface area contributed by atoms with Gasteiger partial charge in [-0.1, -0.05) is 19.1 Å². The molecule has 1 atom stereocenters. The van der Waals surface area contributed by atoms with Gasteiger partial charge in [-0.05, 0) is 55.4 Å². The summed E-state index contributed by atoms with van der Waals surface area (Å²) >= 11 is 0. The number of hydrogen-bond acceptors (Lipinski definition) is 4. The lowest BCUT2D eigenvalue weighted by Crippen LogP contribution is -2.48. The van der Waals surface area contributed by atoms with Crippen LogP contribution < -0.4 is 10.6 Å². The molecular formula is C23H29FN4O3. The van der Waals surface area contributed by atoms with E-state index in [-0.39, 0.29) is 36.6 Å². The van der Waals surface area contributed by atoms with Crippen LogP contribution in [0.25, 0.3) is 0 Å². The normalized spacial score (nSPS) is 11.7. The Morgan fingerprint density at radius 1 is 1.03 bits per heavy atom. The Morgan fingerprint density at radius 2 is 1.65 bits per heavy atom. The maximum absolute atomic E-state index is 13.4. The molecule has 2 aromatic rings. The van der Waals surface area contributed by atoms with Gasteiger partial charge < -0.3 is 15.5 Å². The zero-order valence-corrected chi connectivity index (χ0v) is 18.3. The molecule has 3 amide bonds. The number of likely N-dealkylation sites (N-methyl/N-ethyl adjacent to an activating group) is 2. The predicted octanol–water partition coefficient (Wildman–Crippen LogP) is 3.09. The van der Waals surface area contributed by atoms with Gasteiger partial charge in [0.25, 0.3) is 0 Å². The van der Waals surface area contributed by atoms with Crippen molar-refractivity contribution >= 4 is 29.1 Å². The van der Waals surface area contributed by atoms with Crippen LogP contribution in [0.2, 0.25) is 0 Å². The van der Waals surface area contributed by atoms with E-state index in [1.165, 1.54) is 24.0 Å². The number of rotatable bonds is 9. The second-order valence-corrected chi connectivity index (χ2v) is 7.37. The molecule has 0 unspecified atom stereocenters. The highest BCUT2D eigenvalue weighted by Crippen LogP contribution is 2.14. The van der Waals surface area contributed by atoms with Crippen LogP contribution in [0.1, 0.15) is 26.3 Å². The molecule has 0 heterocycles. The molecule has 2 aromatic carbocycles. The third-order valence-corrected chi connectivity index (χ3v) is 4.83. The molecule has 166 valence electrons. The maximum atomic E-state index is 13.4. The van der Waals surface area contributed by atoms with Gasteiger partial charge in [-0.3, -0.25) is 19.3 Å². The third kappa shape index (κ3) is 7.49. The van der Waals surface area contributed by atoms with Crippen LogP contribution in [0.3, 0.4) is 0 Å². The zero-order valence-electron chi connectivity index (χ0n) is 18.3. The Hall–Kier alpha value is -3.26. The first-order valence-electron chi connectivity index (χ1n) is 10.1. The number of carbonyl (C=O) groups excluding carboxylic acids is 3. The predicted molar refractivity (Wildman–Crippen MR) is 119 cm³/mol. The highest BCUT2D eigenvalue weighted by molar-refractivity contribution is 5.93. The topological polar surface area (TPSA) is 81.8 Å². The average molecular weight is 429 g/mol. The van der Waals surface area contributed by atoms with E-state index in [0.29, 0.717) is 23.5 Å². The van der Waals surface area contributed by atoms with Crippen molar-refractivity contribution < 1.29 is 18.8 Å². The summed E-state index contributed by atoms with van der Waals surface area (Å²) in [5, 5.41) is 5.46. The molecule has 7 nitrogen and oxygen atoms in total. The first kappa shape index (κ1) is 24.0. The van der Waals surface area contributed by atoms with Gasteiger partial charge in [0, 0.05) is 31.9 Å². The van der Waals surface area contributed by atoms with Crippen LogP contribution in [-0.2, 0) is 20.9 Å². The second kappa shape index (κ2) is 11.2. The molecule has 2 N–H and O–H groups in total. The number of carbonyl (C=O) groups is 3. The minimum absolute atomic E-state index is 0.0463. The highest BCUT2D eigenvalue weighted by atomic mass is 19.1. The van der Waals surface area contributed by atoms with Crippen LogP contribution in [0.5, 0.6) is 0 Å². The summed E-state index contributed by atoms with van der Waals surface area (Å²) in [6, 6.07) is 12.4. The third-order valence-electron chi connectivity index (χ3n) is 4.83. The molecule has 2 rings (SSSR count). The standard InChI is InChI=1S/C23H29FN4O3/c1-5-28(15-22(30)26-21-11-9-20(10-12-21)25-17(3)29)16(2)23(31)27(4)14-18-7-6-8-19(24)13-18/h6-13,16H,5,14-15H2,1-4H3,(H,25,29)(H,26,30)/t16-/m0/s1. The number of amides is 3. The molecule has 31 heavy (non-hydrogen) atoms. The minimum Gasteiger partial charge on any atom is -0.340 e. The van der Waals surface area contributed by atoms with Crippen LogP contribution in [0.15, 0.2) is 48.5 Å². The summed E-state index contributed by atoms with van der Waals surface area (Å²) in [5.41, 5.74) is 1.94. The monoisotopic (exact) mass is 428 g/mol. The lowest BCUT2D eigenvalue weighted by molar-refractivity contribution is -0.136. The van der Waals surface area contributed by atoms with Crippen molar-refractivity contribution in [2.45, 2.75) is 33.4 Å². The second-order valence-electron chi connectivity index (χ2n) is 7.37. The Bertz CT molecular complexity index is 917. The molecular weight excluding hydrogens is 399 g/mol. The SMILES string of the molecule is CCN(CC(=O)Nc1ccc(NC(C)=O)cc1)[C@@H](C)C(=O)N(C)Cc1cccc(F)c1. The van der Waals surface area contributed by atoms with E-state index in [9.17, 15) is 18.8 Å². The Labute approximate surface area is 182 Å². The van der Waals surface area contributed by atoms with Gasteiger partial charge in [-0.15, -0.1) is 0 Å². The van der Waals surface area contributed by atoms with Gasteiger partial charge in [0.1, 0.15) is 5.82 Å². The number of anilines is 2. The van der Waals surface area contributed by atoms with E-state index in [1.54, 1.807) is 55.3 Å². The minimum atomic E-state index is -0.517. The summed E-state index contributed by atoms with van der Waals surface area (Å²) in [6.45, 7) is 5.90. The number of nitrogens with zero attached hydrogens (tertiary/aromatic N) is 2. The summed E-state index contributed by atoms with van der Waals surface area (Å²) in [6.07, 6.45) is 0. The fourth-order valence-electron chi connectivity index (χ4n) is 3.21. The quantitative estimate of drug-likeness (QED) is 0.643. The van der Waals surface area contributed by atoms with E-state index in [2.05, 4.69) is 10.6 Å². The number of halogens is 1. The lowest BCUT2D eigenvalue weighted by Gasteiger charge is -2.30. The van der Waals surface area contributed by atoms with Crippen LogP contribution in [-0.4, -0.2) is 53.7 Å². The van der Waals surface area contributed by atoms with Crippen molar-refractivity contribution in [3.05, 3.63) is 59.9 Å². The number of benzene rings is 2. The molecule has 0 saturated carbocycles. The van der Waals surface area contributed by atoms with Crippen molar-refractivity contribution in [1.82, 2.24) is 9.80 Å². The van der Waals surface area contributed by atoms with Crippen molar-refractivity contribution in [1.29, 1.82) is 0 Å². The van der Waals surface area contributed by atoms with Crippen molar-refractivity contribution in [2.24, 2.45) is 0 Å². The molecule has 0 radical (unpaired) electrons. The van der Waals surface area contributed by atoms with Crippen molar-refractivity contribution in [3.8, 4) is 0 Å². The van der Waals surface area contributed by atoms with Crippen LogP contribution in [0.4, 0.5) is 15.8 Å². The molecule has 0 fully saturated rings. The van der Waals surface area contributed by atoms with Gasteiger partial charge in [-0.25, -0.2) is 4.39 Å². The number of hydrogen-bond donors (Lipinski definition) is 2. The zero-order chi connectivity index (χ0) is 23.0. The number of nitrogens with one attached hydrogen (secondary N) is 2. The maximum Gasteiger partial charge on any atom is 0.239 e. The average Bonchev–Trinajstić information content (AvgIpc) is 2.72. The molecule has 0 aromatic heterocycles. The first-order chi connectivity index (χ1) is 14.7. The lowest BCUT2D eigenvalue weighted by atomic mass is 10.2. The fraction of sp³-hybridized carbons (Fsp3) is 0.348. The summed E-state index contributed by atoms with van der Waals surface area (Å²) in [4.78, 5) is 39.7. The molecule has 0 aliphatic rings. The Morgan fingerprint density at radius 3 is 2.19 bits per heavy atom. The Balaban J connectivity index is 1.93. The fourth-order valence-corrected chi connectivity index (χ4v) is 3.21. The summed E-state index contributed by atoms with van der Waals surface area (Å²) in [5.74, 6) is -0.917. The summed E-state index contributed by atoms with van der Waals surface area (Å²) in [7, 11) is 1.66. The molecule has 0 spiro atoms. The molecule has 0 saturated heterocycles. The first-order valence-corrected chi connectivity index (χ1v) is 10.1. The summed E-state index contributed by atoms with van der Waals surface area (Å²) < 4.78 is 13.4. The van der Waals surface area contributed by atoms with Gasteiger partial charge >= 0.3 is 0 Å². The van der Waals surface area contributed by atoms with E-state index in [1.807, 2.05) is 6.92 Å². The molecule has 0 bridgehead atoms. The van der Waals surface area contributed by atoms with Gasteiger partial charge in [0.2, 0.25) is 17.7 Å². The van der Waals surface area contributed by atoms with E-state index < -0.39 is 6.04 Å². The van der Waals surface area contributed by atoms with E-state index in [0.717, 1.165) is 0 Å². The Kier molecular flexibility index (Phi) is 8.69. The van der Waals surface area contributed by atoms with Gasteiger partial charge in [0.05, 0.1) is 12.6 Å². The van der Waals surface area contributed by atoms with Gasteiger partial charge in [-0.2, -0.15) is 0 Å².